The molecular weight excluding hydrogens is 322 g/mol. The average molecular weight is 343 g/mol. The molecule has 0 spiro atoms. The Morgan fingerprint density at radius 1 is 1.12 bits per heavy atom. The molecule has 3 rings (SSSR count). The Bertz CT molecular complexity index is 827. The Balaban J connectivity index is 1.77. The summed E-state index contributed by atoms with van der Waals surface area (Å²) in [6, 6.07) is 16.8. The van der Waals surface area contributed by atoms with Gasteiger partial charge in [0.15, 0.2) is 9.84 Å². The van der Waals surface area contributed by atoms with Crippen LogP contribution < -0.4 is 5.32 Å². The number of carbonyl (C=O) groups excluding carboxylic acids is 1. The molecule has 0 heterocycles. The average Bonchev–Trinajstić information content (AvgIpc) is 3.36. The van der Waals surface area contributed by atoms with Crippen LogP contribution in [0.25, 0.3) is 0 Å². The lowest BCUT2D eigenvalue weighted by Gasteiger charge is -2.19. The highest BCUT2D eigenvalue weighted by molar-refractivity contribution is 7.89. The number of carbonyl (C=O) groups is 1. The number of rotatable bonds is 6. The summed E-state index contributed by atoms with van der Waals surface area (Å²) < 4.78 is 22.9. The molecule has 1 fully saturated rings. The highest BCUT2D eigenvalue weighted by atomic mass is 32.2. The van der Waals surface area contributed by atoms with Crippen molar-refractivity contribution in [1.82, 2.24) is 5.32 Å². The van der Waals surface area contributed by atoms with E-state index in [0.717, 1.165) is 18.4 Å². The summed E-state index contributed by atoms with van der Waals surface area (Å²) >= 11 is 0. The van der Waals surface area contributed by atoms with Gasteiger partial charge in [-0.05, 0) is 42.0 Å². The fourth-order valence-corrected chi connectivity index (χ4v) is 3.68. The van der Waals surface area contributed by atoms with Crippen molar-refractivity contribution in [3.63, 3.8) is 0 Å². The van der Waals surface area contributed by atoms with Gasteiger partial charge in [0.05, 0.1) is 11.8 Å². The molecule has 0 aromatic heterocycles. The maximum atomic E-state index is 12.6. The number of hydrogen-bond acceptors (Lipinski definition) is 3. The second-order valence-electron chi connectivity index (χ2n) is 6.47. The van der Waals surface area contributed by atoms with Gasteiger partial charge in [-0.2, -0.15) is 0 Å². The first-order valence-electron chi connectivity index (χ1n) is 8.05. The largest absolute Gasteiger partial charge is 0.345 e. The summed E-state index contributed by atoms with van der Waals surface area (Å²) in [5.41, 5.74) is 2.24. The van der Waals surface area contributed by atoms with Crippen LogP contribution in [0.5, 0.6) is 0 Å². The van der Waals surface area contributed by atoms with E-state index in [2.05, 4.69) is 5.32 Å². The Labute approximate surface area is 142 Å². The van der Waals surface area contributed by atoms with Crippen molar-refractivity contribution in [2.45, 2.75) is 24.6 Å². The van der Waals surface area contributed by atoms with E-state index in [4.69, 9.17) is 0 Å². The van der Waals surface area contributed by atoms with Crippen molar-refractivity contribution in [3.8, 4) is 0 Å². The fourth-order valence-electron chi connectivity index (χ4n) is 2.89. The molecule has 0 saturated heterocycles. The van der Waals surface area contributed by atoms with Gasteiger partial charge in [-0.1, -0.05) is 42.5 Å². The molecule has 2 aromatic carbocycles. The van der Waals surface area contributed by atoms with Gasteiger partial charge in [-0.25, -0.2) is 8.42 Å². The second kappa shape index (κ2) is 6.77. The number of benzene rings is 2. The van der Waals surface area contributed by atoms with Crippen molar-refractivity contribution in [1.29, 1.82) is 0 Å². The molecule has 24 heavy (non-hydrogen) atoms. The summed E-state index contributed by atoms with van der Waals surface area (Å²) in [6.07, 6.45) is 3.43. The molecule has 126 valence electrons. The minimum atomic E-state index is -3.12. The smallest absolute Gasteiger partial charge is 0.251 e. The zero-order valence-electron chi connectivity index (χ0n) is 13.6. The van der Waals surface area contributed by atoms with Crippen molar-refractivity contribution in [2.24, 2.45) is 5.92 Å². The van der Waals surface area contributed by atoms with E-state index < -0.39 is 9.84 Å². The van der Waals surface area contributed by atoms with Crippen LogP contribution in [0.15, 0.2) is 54.6 Å². The predicted octanol–water partition coefficient (Wildman–Crippen LogP) is 3.11. The van der Waals surface area contributed by atoms with E-state index in [9.17, 15) is 13.2 Å². The SMILES string of the molecule is CS(=O)(=O)Cc1cccc(C(=O)NC(c2ccccc2)C2CC2)c1. The number of nitrogens with one attached hydrogen (secondary N) is 1. The molecule has 1 amide bonds. The van der Waals surface area contributed by atoms with Crippen LogP contribution in [0.4, 0.5) is 0 Å². The third-order valence-electron chi connectivity index (χ3n) is 4.16. The summed E-state index contributed by atoms with van der Waals surface area (Å²) in [7, 11) is -3.12. The van der Waals surface area contributed by atoms with Crippen molar-refractivity contribution >= 4 is 15.7 Å². The molecule has 5 heteroatoms. The van der Waals surface area contributed by atoms with Gasteiger partial charge < -0.3 is 5.32 Å². The van der Waals surface area contributed by atoms with Gasteiger partial charge in [0, 0.05) is 11.8 Å². The van der Waals surface area contributed by atoms with Gasteiger partial charge in [-0.15, -0.1) is 0 Å². The Hall–Kier alpha value is -2.14. The topological polar surface area (TPSA) is 63.2 Å². The summed E-state index contributed by atoms with van der Waals surface area (Å²) in [4.78, 5) is 12.6. The minimum Gasteiger partial charge on any atom is -0.345 e. The Morgan fingerprint density at radius 2 is 1.83 bits per heavy atom. The van der Waals surface area contributed by atoms with E-state index in [-0.39, 0.29) is 17.7 Å². The minimum absolute atomic E-state index is 0.0114. The lowest BCUT2D eigenvalue weighted by molar-refractivity contribution is 0.0931. The lowest BCUT2D eigenvalue weighted by Crippen LogP contribution is -2.30. The van der Waals surface area contributed by atoms with Crippen LogP contribution in [0.3, 0.4) is 0 Å². The molecule has 0 aliphatic heterocycles. The monoisotopic (exact) mass is 343 g/mol. The van der Waals surface area contributed by atoms with Gasteiger partial charge in [0.25, 0.3) is 5.91 Å². The molecule has 0 radical (unpaired) electrons. The number of sulfone groups is 1. The summed E-state index contributed by atoms with van der Waals surface area (Å²) in [6.45, 7) is 0. The predicted molar refractivity (Wildman–Crippen MR) is 94.4 cm³/mol. The maximum absolute atomic E-state index is 12.6. The van der Waals surface area contributed by atoms with Crippen molar-refractivity contribution < 1.29 is 13.2 Å². The third kappa shape index (κ3) is 4.45. The van der Waals surface area contributed by atoms with Crippen LogP contribution in [-0.4, -0.2) is 20.6 Å². The molecular formula is C19H21NO3S. The van der Waals surface area contributed by atoms with Crippen LogP contribution >= 0.6 is 0 Å². The maximum Gasteiger partial charge on any atom is 0.251 e. The first-order valence-corrected chi connectivity index (χ1v) is 10.1. The van der Waals surface area contributed by atoms with Crippen LogP contribution in [0.1, 0.15) is 40.4 Å². The first kappa shape index (κ1) is 16.7. The van der Waals surface area contributed by atoms with Gasteiger partial charge in [-0.3, -0.25) is 4.79 Å². The highest BCUT2D eigenvalue weighted by Gasteiger charge is 2.33. The molecule has 1 unspecified atom stereocenters. The first-order chi connectivity index (χ1) is 11.4. The highest BCUT2D eigenvalue weighted by Crippen LogP contribution is 2.41. The van der Waals surface area contributed by atoms with Crippen molar-refractivity contribution in [2.75, 3.05) is 6.26 Å². The molecule has 1 N–H and O–H groups in total. The second-order valence-corrected chi connectivity index (χ2v) is 8.61. The molecule has 1 aliphatic rings. The van der Waals surface area contributed by atoms with Crippen LogP contribution in [0.2, 0.25) is 0 Å². The number of amides is 1. The standard InChI is InChI=1S/C19H21NO3S/c1-24(22,23)13-14-6-5-9-17(12-14)19(21)20-18(16-10-11-16)15-7-3-2-4-8-15/h2-9,12,16,18H,10-11,13H2,1H3,(H,20,21). The van der Waals surface area contributed by atoms with E-state index in [1.807, 2.05) is 30.3 Å². The molecule has 1 aliphatic carbocycles. The van der Waals surface area contributed by atoms with E-state index in [0.29, 0.717) is 17.0 Å². The quantitative estimate of drug-likeness (QED) is 0.876. The van der Waals surface area contributed by atoms with E-state index in [1.165, 1.54) is 6.26 Å². The van der Waals surface area contributed by atoms with Crippen LogP contribution in [-0.2, 0) is 15.6 Å². The summed E-state index contributed by atoms with van der Waals surface area (Å²) in [5.74, 6) is 0.264. The zero-order valence-corrected chi connectivity index (χ0v) is 14.4. The van der Waals surface area contributed by atoms with Gasteiger partial charge in [0.1, 0.15) is 0 Å². The molecule has 4 nitrogen and oxygen atoms in total. The van der Waals surface area contributed by atoms with Crippen molar-refractivity contribution in [3.05, 3.63) is 71.3 Å². The van der Waals surface area contributed by atoms with E-state index >= 15 is 0 Å². The Kier molecular flexibility index (Phi) is 4.71. The normalized spacial score (nSPS) is 15.7. The van der Waals surface area contributed by atoms with Gasteiger partial charge >= 0.3 is 0 Å². The van der Waals surface area contributed by atoms with Crippen LogP contribution in [0, 0.1) is 5.92 Å². The molecule has 1 saturated carbocycles. The molecule has 1 atom stereocenters. The van der Waals surface area contributed by atoms with E-state index in [1.54, 1.807) is 24.3 Å². The molecule has 2 aromatic rings. The fraction of sp³-hybridized carbons (Fsp3) is 0.316. The zero-order chi connectivity index (χ0) is 17.2. The molecule has 0 bridgehead atoms. The Morgan fingerprint density at radius 3 is 2.46 bits per heavy atom. The summed E-state index contributed by atoms with van der Waals surface area (Å²) in [5, 5.41) is 3.11. The van der Waals surface area contributed by atoms with Gasteiger partial charge in [0.2, 0.25) is 0 Å². The lowest BCUT2D eigenvalue weighted by atomic mass is 10.0. The number of hydrogen-bond donors (Lipinski definition) is 1. The third-order valence-corrected chi connectivity index (χ3v) is 5.01.